The van der Waals surface area contributed by atoms with Gasteiger partial charge in [0.15, 0.2) is 0 Å². The van der Waals surface area contributed by atoms with E-state index in [-0.39, 0.29) is 11.3 Å². The Labute approximate surface area is 150 Å². The van der Waals surface area contributed by atoms with Gasteiger partial charge in [0.1, 0.15) is 0 Å². The Balaban J connectivity index is 1.72. The highest BCUT2D eigenvalue weighted by molar-refractivity contribution is 6.04. The van der Waals surface area contributed by atoms with Crippen LogP contribution in [0.15, 0.2) is 54.9 Å². The minimum atomic E-state index is -0.494. The summed E-state index contributed by atoms with van der Waals surface area (Å²) >= 11 is 0. The van der Waals surface area contributed by atoms with Gasteiger partial charge in [0.05, 0.1) is 23.4 Å². The first-order valence-corrected chi connectivity index (χ1v) is 8.07. The minimum Gasteiger partial charge on any atom is -0.319 e. The van der Waals surface area contributed by atoms with Crippen LogP contribution in [0.5, 0.6) is 0 Å². The average Bonchev–Trinajstić information content (AvgIpc) is 3.01. The molecular formula is C19H18N4O3. The molecular weight excluding hydrogens is 332 g/mol. The number of nitrogens with zero attached hydrogens (tertiary/aromatic N) is 3. The van der Waals surface area contributed by atoms with Crippen molar-refractivity contribution in [2.75, 3.05) is 5.32 Å². The maximum Gasteiger partial charge on any atom is 0.273 e. The number of aryl methyl sites for hydroxylation is 2. The molecule has 132 valence electrons. The number of benzene rings is 2. The van der Waals surface area contributed by atoms with E-state index in [1.807, 2.05) is 25.1 Å². The van der Waals surface area contributed by atoms with Crippen LogP contribution < -0.4 is 5.32 Å². The van der Waals surface area contributed by atoms with Crippen molar-refractivity contribution in [2.45, 2.75) is 20.4 Å². The lowest BCUT2D eigenvalue weighted by Gasteiger charge is -2.04. The number of rotatable bonds is 5. The maximum absolute atomic E-state index is 12.3. The largest absolute Gasteiger partial charge is 0.319 e. The lowest BCUT2D eigenvalue weighted by atomic mass is 10.1. The molecule has 0 bridgehead atoms. The summed E-state index contributed by atoms with van der Waals surface area (Å²) in [4.78, 5) is 22.9. The van der Waals surface area contributed by atoms with Gasteiger partial charge in [0, 0.05) is 23.4 Å². The van der Waals surface area contributed by atoms with E-state index in [1.165, 1.54) is 11.6 Å². The van der Waals surface area contributed by atoms with E-state index in [1.54, 1.807) is 36.1 Å². The molecule has 7 heteroatoms. The number of nitro groups is 1. The minimum absolute atomic E-state index is 0.0761. The summed E-state index contributed by atoms with van der Waals surface area (Å²) in [6.45, 7) is 4.25. The number of hydrogen-bond acceptors (Lipinski definition) is 4. The van der Waals surface area contributed by atoms with Crippen molar-refractivity contribution < 1.29 is 9.72 Å². The van der Waals surface area contributed by atoms with Crippen molar-refractivity contribution >= 4 is 17.3 Å². The summed E-state index contributed by atoms with van der Waals surface area (Å²) in [5.41, 5.74) is 3.48. The van der Waals surface area contributed by atoms with E-state index in [0.717, 1.165) is 5.56 Å². The lowest BCUT2D eigenvalue weighted by Crippen LogP contribution is -2.12. The molecule has 0 aliphatic carbocycles. The van der Waals surface area contributed by atoms with E-state index in [2.05, 4.69) is 16.5 Å². The van der Waals surface area contributed by atoms with Gasteiger partial charge >= 0.3 is 0 Å². The normalized spacial score (nSPS) is 10.5. The Morgan fingerprint density at radius 1 is 1.23 bits per heavy atom. The standard InChI is InChI=1S/C19H18N4O3/c1-13-4-3-5-15(8-13)11-22-12-17(10-20-22)21-19(24)16-7-6-14(2)18(9-16)23(25)26/h3-10,12H,11H2,1-2H3,(H,21,24). The molecule has 3 rings (SSSR count). The number of carbonyl (C=O) groups is 1. The van der Waals surface area contributed by atoms with Gasteiger partial charge < -0.3 is 5.32 Å². The third kappa shape index (κ3) is 3.94. The summed E-state index contributed by atoms with van der Waals surface area (Å²) < 4.78 is 1.72. The third-order valence-electron chi connectivity index (χ3n) is 3.99. The molecule has 26 heavy (non-hydrogen) atoms. The Morgan fingerprint density at radius 3 is 2.77 bits per heavy atom. The number of carbonyl (C=O) groups excluding carboxylic acids is 1. The van der Waals surface area contributed by atoms with Gasteiger partial charge in [-0.3, -0.25) is 19.6 Å². The van der Waals surface area contributed by atoms with Crippen LogP contribution in [-0.4, -0.2) is 20.6 Å². The Hall–Kier alpha value is -3.48. The van der Waals surface area contributed by atoms with Gasteiger partial charge in [-0.05, 0) is 25.5 Å². The van der Waals surface area contributed by atoms with Gasteiger partial charge in [0.2, 0.25) is 0 Å². The molecule has 1 aromatic heterocycles. The lowest BCUT2D eigenvalue weighted by molar-refractivity contribution is -0.385. The van der Waals surface area contributed by atoms with Crippen LogP contribution in [0.1, 0.15) is 27.0 Å². The van der Waals surface area contributed by atoms with Crippen LogP contribution in [-0.2, 0) is 6.54 Å². The first-order valence-electron chi connectivity index (χ1n) is 8.07. The molecule has 2 aromatic carbocycles. The van der Waals surface area contributed by atoms with Gasteiger partial charge in [-0.25, -0.2) is 0 Å². The molecule has 0 radical (unpaired) electrons. The van der Waals surface area contributed by atoms with Gasteiger partial charge in [-0.1, -0.05) is 35.9 Å². The van der Waals surface area contributed by atoms with Crippen LogP contribution in [0.2, 0.25) is 0 Å². The van der Waals surface area contributed by atoms with E-state index in [0.29, 0.717) is 17.8 Å². The number of nitro benzene ring substituents is 1. The average molecular weight is 350 g/mol. The number of aromatic nitrogens is 2. The highest BCUT2D eigenvalue weighted by atomic mass is 16.6. The third-order valence-corrected chi connectivity index (χ3v) is 3.99. The van der Waals surface area contributed by atoms with Crippen molar-refractivity contribution in [3.05, 3.63) is 87.2 Å². The second kappa shape index (κ2) is 7.18. The number of hydrogen-bond donors (Lipinski definition) is 1. The zero-order chi connectivity index (χ0) is 18.7. The molecule has 0 atom stereocenters. The van der Waals surface area contributed by atoms with Crippen molar-refractivity contribution in [3.63, 3.8) is 0 Å². The van der Waals surface area contributed by atoms with Crippen molar-refractivity contribution in [1.82, 2.24) is 9.78 Å². The summed E-state index contributed by atoms with van der Waals surface area (Å²) in [6, 6.07) is 12.5. The van der Waals surface area contributed by atoms with Crippen molar-refractivity contribution in [1.29, 1.82) is 0 Å². The van der Waals surface area contributed by atoms with Gasteiger partial charge in [-0.2, -0.15) is 5.10 Å². The molecule has 1 heterocycles. The maximum atomic E-state index is 12.3. The molecule has 0 spiro atoms. The molecule has 0 aliphatic heterocycles. The summed E-state index contributed by atoms with van der Waals surface area (Å²) in [6.07, 6.45) is 3.28. The predicted octanol–water partition coefficient (Wildman–Crippen LogP) is 3.71. The highest BCUT2D eigenvalue weighted by Crippen LogP contribution is 2.20. The molecule has 3 aromatic rings. The van der Waals surface area contributed by atoms with Gasteiger partial charge in [0.25, 0.3) is 11.6 Å². The fraction of sp³-hybridized carbons (Fsp3) is 0.158. The quantitative estimate of drug-likeness (QED) is 0.561. The zero-order valence-electron chi connectivity index (χ0n) is 14.5. The molecule has 0 saturated carbocycles. The molecule has 1 N–H and O–H groups in total. The SMILES string of the molecule is Cc1cccc(Cn2cc(NC(=O)c3ccc(C)c([N+](=O)[O-])c3)cn2)c1. The fourth-order valence-electron chi connectivity index (χ4n) is 2.66. The second-order valence-corrected chi connectivity index (χ2v) is 6.13. The summed E-state index contributed by atoms with van der Waals surface area (Å²) in [5, 5.41) is 18.0. The van der Waals surface area contributed by atoms with E-state index in [9.17, 15) is 14.9 Å². The van der Waals surface area contributed by atoms with E-state index < -0.39 is 10.8 Å². The molecule has 0 aliphatic rings. The van der Waals surface area contributed by atoms with Crippen LogP contribution >= 0.6 is 0 Å². The monoisotopic (exact) mass is 350 g/mol. The van der Waals surface area contributed by atoms with Gasteiger partial charge in [-0.15, -0.1) is 0 Å². The number of nitrogens with one attached hydrogen (secondary N) is 1. The molecule has 7 nitrogen and oxygen atoms in total. The first kappa shape index (κ1) is 17.3. The van der Waals surface area contributed by atoms with Crippen LogP contribution in [0.3, 0.4) is 0 Å². The smallest absolute Gasteiger partial charge is 0.273 e. The molecule has 1 amide bonds. The first-order chi connectivity index (χ1) is 12.4. The number of amides is 1. The Kier molecular flexibility index (Phi) is 4.79. The van der Waals surface area contributed by atoms with E-state index in [4.69, 9.17) is 0 Å². The van der Waals surface area contributed by atoms with Crippen LogP contribution in [0.4, 0.5) is 11.4 Å². The predicted molar refractivity (Wildman–Crippen MR) is 98.3 cm³/mol. The number of anilines is 1. The Bertz CT molecular complexity index is 978. The molecule has 0 saturated heterocycles. The highest BCUT2D eigenvalue weighted by Gasteiger charge is 2.15. The fourth-order valence-corrected chi connectivity index (χ4v) is 2.66. The van der Waals surface area contributed by atoms with Crippen LogP contribution in [0.25, 0.3) is 0 Å². The van der Waals surface area contributed by atoms with E-state index >= 15 is 0 Å². The summed E-state index contributed by atoms with van der Waals surface area (Å²) in [7, 11) is 0. The van der Waals surface area contributed by atoms with Crippen molar-refractivity contribution in [3.8, 4) is 0 Å². The Morgan fingerprint density at radius 2 is 2.04 bits per heavy atom. The molecule has 0 unspecified atom stereocenters. The van der Waals surface area contributed by atoms with Crippen molar-refractivity contribution in [2.24, 2.45) is 0 Å². The zero-order valence-corrected chi connectivity index (χ0v) is 14.5. The second-order valence-electron chi connectivity index (χ2n) is 6.13. The van der Waals surface area contributed by atoms with Crippen LogP contribution in [0, 0.1) is 24.0 Å². The summed E-state index contributed by atoms with van der Waals surface area (Å²) in [5.74, 6) is -0.414. The topological polar surface area (TPSA) is 90.1 Å². The molecule has 0 fully saturated rings.